The second-order valence-electron chi connectivity index (χ2n) is 3.88. The molecule has 0 unspecified atom stereocenters. The van der Waals surface area contributed by atoms with E-state index in [-0.39, 0.29) is 18.3 Å². The molecule has 1 rings (SSSR count). The van der Waals surface area contributed by atoms with E-state index >= 15 is 0 Å². The van der Waals surface area contributed by atoms with Crippen LogP contribution in [0.3, 0.4) is 0 Å². The summed E-state index contributed by atoms with van der Waals surface area (Å²) >= 11 is 0. The first kappa shape index (κ1) is 13.2. The van der Waals surface area contributed by atoms with Gasteiger partial charge in [-0.3, -0.25) is 10.1 Å². The molecule has 1 fully saturated rings. The van der Waals surface area contributed by atoms with Crippen molar-refractivity contribution < 1.29 is 14.7 Å². The van der Waals surface area contributed by atoms with Crippen LogP contribution >= 0.6 is 12.4 Å². The molecular formula is C9H16ClNO3. The first-order valence-electron chi connectivity index (χ1n) is 4.59. The smallest absolute Gasteiger partial charge is 0.411 e. The fraction of sp³-hybridized carbons (Fsp3) is 0.778. The second-order valence-corrected chi connectivity index (χ2v) is 3.88. The number of hydrogen-bond acceptors (Lipinski definition) is 2. The van der Waals surface area contributed by atoms with Crippen LogP contribution in [0.5, 0.6) is 0 Å². The van der Waals surface area contributed by atoms with Crippen molar-refractivity contribution in [3.63, 3.8) is 0 Å². The van der Waals surface area contributed by atoms with Crippen molar-refractivity contribution in [3.8, 4) is 0 Å². The Hall–Kier alpha value is -0.770. The summed E-state index contributed by atoms with van der Waals surface area (Å²) in [6.45, 7) is 1.84. The molecule has 0 aromatic carbocycles. The molecule has 82 valence electrons. The Labute approximate surface area is 89.5 Å². The van der Waals surface area contributed by atoms with Gasteiger partial charge in [0.1, 0.15) is 0 Å². The van der Waals surface area contributed by atoms with Gasteiger partial charge >= 0.3 is 6.09 Å². The Morgan fingerprint density at radius 3 is 2.14 bits per heavy atom. The number of nitrogens with one attached hydrogen (secondary N) is 1. The van der Waals surface area contributed by atoms with Gasteiger partial charge in [-0.2, -0.15) is 0 Å². The van der Waals surface area contributed by atoms with Crippen molar-refractivity contribution in [3.05, 3.63) is 0 Å². The number of carbonyl (C=O) groups is 2. The summed E-state index contributed by atoms with van der Waals surface area (Å²) in [5.41, 5.74) is -0.462. The fourth-order valence-corrected chi connectivity index (χ4v) is 1.81. The van der Waals surface area contributed by atoms with E-state index < -0.39 is 11.5 Å². The van der Waals surface area contributed by atoms with E-state index in [9.17, 15) is 9.59 Å². The van der Waals surface area contributed by atoms with Crippen LogP contribution in [0.25, 0.3) is 0 Å². The maximum Gasteiger partial charge on any atom is 0.411 e. The van der Waals surface area contributed by atoms with Gasteiger partial charge in [0.15, 0.2) is 0 Å². The molecule has 0 aliphatic heterocycles. The van der Waals surface area contributed by atoms with Crippen LogP contribution < -0.4 is 5.32 Å². The molecule has 0 heterocycles. The lowest BCUT2D eigenvalue weighted by molar-refractivity contribution is -0.130. The van der Waals surface area contributed by atoms with Gasteiger partial charge in [-0.25, -0.2) is 4.79 Å². The lowest BCUT2D eigenvalue weighted by Gasteiger charge is -2.31. The van der Waals surface area contributed by atoms with Crippen molar-refractivity contribution in [1.29, 1.82) is 0 Å². The van der Waals surface area contributed by atoms with E-state index in [2.05, 4.69) is 0 Å². The van der Waals surface area contributed by atoms with Gasteiger partial charge in [0.2, 0.25) is 5.91 Å². The fourth-order valence-electron chi connectivity index (χ4n) is 1.81. The third-order valence-corrected chi connectivity index (χ3v) is 2.73. The average Bonchev–Trinajstić information content (AvgIpc) is 2.04. The summed E-state index contributed by atoms with van der Waals surface area (Å²) in [6.07, 6.45) is 3.53. The largest absolute Gasteiger partial charge is 0.465 e. The molecular weight excluding hydrogens is 206 g/mol. The summed E-state index contributed by atoms with van der Waals surface area (Å²) in [7, 11) is 0. The van der Waals surface area contributed by atoms with Gasteiger partial charge in [0.05, 0.1) is 0 Å². The van der Waals surface area contributed by atoms with E-state index in [0.29, 0.717) is 0 Å². The van der Waals surface area contributed by atoms with Crippen molar-refractivity contribution in [2.45, 2.75) is 39.0 Å². The Bertz CT molecular complexity index is 224. The van der Waals surface area contributed by atoms with Crippen LogP contribution in [0.2, 0.25) is 0 Å². The van der Waals surface area contributed by atoms with Gasteiger partial charge < -0.3 is 5.11 Å². The van der Waals surface area contributed by atoms with Crippen LogP contribution in [-0.2, 0) is 4.79 Å². The van der Waals surface area contributed by atoms with Crippen LogP contribution in [0.15, 0.2) is 0 Å². The summed E-state index contributed by atoms with van der Waals surface area (Å²) < 4.78 is 0. The van der Waals surface area contributed by atoms with Crippen molar-refractivity contribution in [2.75, 3.05) is 0 Å². The molecule has 2 N–H and O–H groups in total. The summed E-state index contributed by atoms with van der Waals surface area (Å²) in [6, 6.07) is 0. The Morgan fingerprint density at radius 1 is 1.21 bits per heavy atom. The van der Waals surface area contributed by atoms with Crippen LogP contribution in [0.4, 0.5) is 4.79 Å². The number of hydrogen-bond donors (Lipinski definition) is 2. The lowest BCUT2D eigenvalue weighted by Crippen LogP contribution is -2.42. The van der Waals surface area contributed by atoms with Gasteiger partial charge in [0.25, 0.3) is 0 Å². The monoisotopic (exact) mass is 221 g/mol. The molecule has 14 heavy (non-hydrogen) atoms. The van der Waals surface area contributed by atoms with E-state index in [1.807, 2.05) is 12.2 Å². The molecule has 0 bridgehead atoms. The molecule has 5 heteroatoms. The number of carbonyl (C=O) groups excluding carboxylic acids is 1. The highest BCUT2D eigenvalue weighted by Crippen LogP contribution is 2.35. The maximum atomic E-state index is 11.4. The molecule has 0 radical (unpaired) electrons. The molecule has 0 saturated heterocycles. The molecule has 0 aromatic rings. The number of rotatable bonds is 1. The third kappa shape index (κ3) is 3.18. The minimum Gasteiger partial charge on any atom is -0.465 e. The van der Waals surface area contributed by atoms with Gasteiger partial charge in [-0.15, -0.1) is 12.4 Å². The van der Waals surface area contributed by atoms with Crippen molar-refractivity contribution in [2.24, 2.45) is 5.41 Å². The zero-order valence-corrected chi connectivity index (χ0v) is 9.02. The molecule has 0 spiro atoms. The van der Waals surface area contributed by atoms with Crippen molar-refractivity contribution >= 4 is 24.4 Å². The summed E-state index contributed by atoms with van der Waals surface area (Å²) in [5.74, 6) is -0.347. The standard InChI is InChI=1S/C9H15NO3.ClH/c1-9(5-3-2-4-6-9)7(11)10-8(12)13;/h2-6H2,1H3,(H,10,11)(H,12,13);1H. The van der Waals surface area contributed by atoms with E-state index in [1.165, 1.54) is 0 Å². The summed E-state index contributed by atoms with van der Waals surface area (Å²) in [5, 5.41) is 10.3. The minimum atomic E-state index is -1.25. The van der Waals surface area contributed by atoms with Crippen LogP contribution in [-0.4, -0.2) is 17.1 Å². The highest BCUT2D eigenvalue weighted by atomic mass is 35.5. The Morgan fingerprint density at radius 2 is 1.71 bits per heavy atom. The maximum absolute atomic E-state index is 11.4. The van der Waals surface area contributed by atoms with E-state index in [1.54, 1.807) is 0 Å². The second kappa shape index (κ2) is 5.20. The summed E-state index contributed by atoms with van der Waals surface area (Å²) in [4.78, 5) is 21.7. The van der Waals surface area contributed by atoms with Crippen molar-refractivity contribution in [1.82, 2.24) is 5.32 Å². The molecule has 2 amide bonds. The highest BCUT2D eigenvalue weighted by Gasteiger charge is 2.35. The highest BCUT2D eigenvalue weighted by molar-refractivity contribution is 5.94. The SMILES string of the molecule is CC1(C(=O)NC(=O)O)CCCCC1.Cl. The predicted molar refractivity (Wildman–Crippen MR) is 54.6 cm³/mol. The van der Waals surface area contributed by atoms with Crippen LogP contribution in [0, 0.1) is 5.41 Å². The zero-order valence-electron chi connectivity index (χ0n) is 8.21. The number of imide groups is 1. The molecule has 1 aliphatic rings. The lowest BCUT2D eigenvalue weighted by atomic mass is 9.75. The van der Waals surface area contributed by atoms with Gasteiger partial charge in [-0.05, 0) is 12.8 Å². The number of carboxylic acid groups (broad SMARTS) is 1. The van der Waals surface area contributed by atoms with Crippen LogP contribution in [0.1, 0.15) is 39.0 Å². The van der Waals surface area contributed by atoms with Gasteiger partial charge in [0, 0.05) is 5.41 Å². The number of amides is 2. The Kier molecular flexibility index (Phi) is 4.91. The number of halogens is 1. The van der Waals surface area contributed by atoms with E-state index in [4.69, 9.17) is 5.11 Å². The zero-order chi connectivity index (χ0) is 9.90. The molecule has 4 nitrogen and oxygen atoms in total. The molecule has 0 atom stereocenters. The van der Waals surface area contributed by atoms with E-state index in [0.717, 1.165) is 32.1 Å². The first-order valence-corrected chi connectivity index (χ1v) is 4.59. The third-order valence-electron chi connectivity index (χ3n) is 2.73. The topological polar surface area (TPSA) is 66.4 Å². The predicted octanol–water partition coefficient (Wildman–Crippen LogP) is 2.17. The Balaban J connectivity index is 0.00000169. The molecule has 0 aromatic heterocycles. The molecule has 1 saturated carbocycles. The van der Waals surface area contributed by atoms with Gasteiger partial charge in [-0.1, -0.05) is 26.2 Å². The quantitative estimate of drug-likeness (QED) is 0.713. The normalized spacial score (nSPS) is 19.2. The first-order chi connectivity index (χ1) is 6.04. The minimum absolute atomic E-state index is 0. The average molecular weight is 222 g/mol. The molecule has 1 aliphatic carbocycles.